The summed E-state index contributed by atoms with van der Waals surface area (Å²) in [5.41, 5.74) is 2.26. The van der Waals surface area contributed by atoms with Gasteiger partial charge in [-0.15, -0.1) is 0 Å². The number of nitrogens with one attached hydrogen (secondary N) is 1. The average Bonchev–Trinajstić information content (AvgIpc) is 2.05. The molecule has 0 aromatic carbocycles. The first kappa shape index (κ1) is 8.31. The SMILES string of the molecule is CNCC1=CC[C@H]2C[C@@H]1C2(C)C. The first-order valence-electron chi connectivity index (χ1n) is 4.99. The van der Waals surface area contributed by atoms with Gasteiger partial charge in [-0.2, -0.15) is 0 Å². The lowest BCUT2D eigenvalue weighted by atomic mass is 9.49. The van der Waals surface area contributed by atoms with E-state index in [0.717, 1.165) is 18.4 Å². The van der Waals surface area contributed by atoms with Crippen molar-refractivity contribution in [3.05, 3.63) is 11.6 Å². The fraction of sp³-hybridized carbons (Fsp3) is 0.818. The van der Waals surface area contributed by atoms with E-state index < -0.39 is 0 Å². The van der Waals surface area contributed by atoms with Crippen molar-refractivity contribution in [1.29, 1.82) is 0 Å². The molecule has 0 aromatic heterocycles. The summed E-state index contributed by atoms with van der Waals surface area (Å²) >= 11 is 0. The number of fused-ring (bicyclic) bond motifs is 1. The maximum Gasteiger partial charge on any atom is 0.0164 e. The van der Waals surface area contributed by atoms with Crippen LogP contribution in [0.3, 0.4) is 0 Å². The lowest BCUT2D eigenvalue weighted by molar-refractivity contribution is -0.00721. The predicted octanol–water partition coefficient (Wildman–Crippen LogP) is 2.20. The smallest absolute Gasteiger partial charge is 0.0164 e. The van der Waals surface area contributed by atoms with E-state index in [2.05, 4.69) is 25.2 Å². The lowest BCUT2D eigenvalue weighted by Crippen LogP contribution is -2.49. The number of rotatable bonds is 2. The molecule has 2 atom stereocenters. The predicted molar refractivity (Wildman–Crippen MR) is 52.0 cm³/mol. The summed E-state index contributed by atoms with van der Waals surface area (Å²) in [6, 6.07) is 0. The van der Waals surface area contributed by atoms with Gasteiger partial charge in [-0.3, -0.25) is 0 Å². The van der Waals surface area contributed by atoms with Crippen molar-refractivity contribution < 1.29 is 0 Å². The quantitative estimate of drug-likeness (QED) is 0.618. The van der Waals surface area contributed by atoms with Crippen LogP contribution < -0.4 is 5.32 Å². The van der Waals surface area contributed by atoms with E-state index in [1.165, 1.54) is 12.8 Å². The standard InChI is InChI=1S/C11H19N/c1-11(2)9-5-4-8(7-12-3)10(11)6-9/h4,9-10,12H,5-7H2,1-3H3/t9-,10-/m0/s1. The van der Waals surface area contributed by atoms with Crippen molar-refractivity contribution in [2.45, 2.75) is 26.7 Å². The molecule has 1 nitrogen and oxygen atoms in total. The van der Waals surface area contributed by atoms with Crippen molar-refractivity contribution >= 4 is 0 Å². The van der Waals surface area contributed by atoms with Crippen LogP contribution in [0, 0.1) is 17.3 Å². The van der Waals surface area contributed by atoms with Crippen LogP contribution in [0.4, 0.5) is 0 Å². The van der Waals surface area contributed by atoms with Crippen molar-refractivity contribution in [1.82, 2.24) is 5.32 Å². The third-order valence-corrected chi connectivity index (χ3v) is 3.96. The van der Waals surface area contributed by atoms with Crippen molar-refractivity contribution in [3.8, 4) is 0 Å². The van der Waals surface area contributed by atoms with Crippen LogP contribution in [0.5, 0.6) is 0 Å². The van der Waals surface area contributed by atoms with Crippen LogP contribution in [0.25, 0.3) is 0 Å². The first-order valence-corrected chi connectivity index (χ1v) is 4.99. The van der Waals surface area contributed by atoms with Gasteiger partial charge in [-0.05, 0) is 37.1 Å². The normalized spacial score (nSPS) is 37.1. The second-order valence-corrected chi connectivity index (χ2v) is 4.85. The number of likely N-dealkylation sites (N-methyl/N-ethyl adjacent to an activating group) is 1. The summed E-state index contributed by atoms with van der Waals surface area (Å²) in [7, 11) is 2.04. The molecule has 3 rings (SSSR count). The zero-order valence-corrected chi connectivity index (χ0v) is 8.35. The van der Waals surface area contributed by atoms with E-state index in [1.54, 1.807) is 5.57 Å². The Labute approximate surface area is 75.2 Å². The van der Waals surface area contributed by atoms with Crippen molar-refractivity contribution in [2.24, 2.45) is 17.3 Å². The molecule has 1 saturated carbocycles. The molecule has 0 amide bonds. The minimum Gasteiger partial charge on any atom is -0.316 e. The van der Waals surface area contributed by atoms with Gasteiger partial charge in [-0.1, -0.05) is 25.5 Å². The zero-order chi connectivity index (χ0) is 8.77. The third kappa shape index (κ3) is 0.957. The topological polar surface area (TPSA) is 12.0 Å². The van der Waals surface area contributed by atoms with E-state index in [9.17, 15) is 0 Å². The van der Waals surface area contributed by atoms with Gasteiger partial charge < -0.3 is 5.32 Å². The molecule has 0 aliphatic heterocycles. The Morgan fingerprint density at radius 2 is 2.33 bits per heavy atom. The van der Waals surface area contributed by atoms with Crippen LogP contribution in [0.15, 0.2) is 11.6 Å². The number of allylic oxidation sites excluding steroid dienone is 1. The molecular formula is C11H19N. The molecule has 2 bridgehead atoms. The number of hydrogen-bond acceptors (Lipinski definition) is 1. The van der Waals surface area contributed by atoms with Crippen molar-refractivity contribution in [2.75, 3.05) is 13.6 Å². The molecule has 1 N–H and O–H groups in total. The maximum atomic E-state index is 3.26. The monoisotopic (exact) mass is 165 g/mol. The van der Waals surface area contributed by atoms with Gasteiger partial charge in [0.15, 0.2) is 0 Å². The molecule has 3 aliphatic carbocycles. The van der Waals surface area contributed by atoms with Crippen LogP contribution in [-0.2, 0) is 0 Å². The first-order chi connectivity index (χ1) is 5.66. The molecule has 1 heteroatoms. The summed E-state index contributed by atoms with van der Waals surface area (Å²) in [6.07, 6.45) is 5.22. The molecule has 0 radical (unpaired) electrons. The molecule has 12 heavy (non-hydrogen) atoms. The molecule has 1 fully saturated rings. The molecule has 3 aliphatic rings. The largest absolute Gasteiger partial charge is 0.316 e. The van der Waals surface area contributed by atoms with Gasteiger partial charge >= 0.3 is 0 Å². The molecule has 68 valence electrons. The van der Waals surface area contributed by atoms with Crippen molar-refractivity contribution in [3.63, 3.8) is 0 Å². The highest BCUT2D eigenvalue weighted by Gasteiger charge is 2.50. The lowest BCUT2D eigenvalue weighted by Gasteiger charge is -2.56. The van der Waals surface area contributed by atoms with Crippen LogP contribution in [-0.4, -0.2) is 13.6 Å². The van der Waals surface area contributed by atoms with Gasteiger partial charge in [0.05, 0.1) is 0 Å². The summed E-state index contributed by atoms with van der Waals surface area (Å²) in [5, 5.41) is 3.26. The van der Waals surface area contributed by atoms with E-state index in [0.29, 0.717) is 5.41 Å². The second kappa shape index (κ2) is 2.59. The molecule has 0 unspecified atom stereocenters. The maximum absolute atomic E-state index is 3.26. The van der Waals surface area contributed by atoms with Crippen LogP contribution in [0.2, 0.25) is 0 Å². The Bertz CT molecular complexity index is 215. The Hall–Kier alpha value is -0.300. The van der Waals surface area contributed by atoms with Crippen LogP contribution >= 0.6 is 0 Å². The van der Waals surface area contributed by atoms with Gasteiger partial charge in [-0.25, -0.2) is 0 Å². The summed E-state index contributed by atoms with van der Waals surface area (Å²) in [4.78, 5) is 0. The Kier molecular flexibility index (Phi) is 1.80. The highest BCUT2D eigenvalue weighted by atomic mass is 14.8. The molecular weight excluding hydrogens is 146 g/mol. The molecule has 0 aromatic rings. The zero-order valence-electron chi connectivity index (χ0n) is 8.35. The molecule has 0 heterocycles. The Morgan fingerprint density at radius 3 is 2.83 bits per heavy atom. The Morgan fingerprint density at radius 1 is 1.58 bits per heavy atom. The molecule has 0 spiro atoms. The third-order valence-electron chi connectivity index (χ3n) is 3.96. The van der Waals surface area contributed by atoms with E-state index in [-0.39, 0.29) is 0 Å². The summed E-state index contributed by atoms with van der Waals surface area (Å²) in [5.74, 6) is 1.85. The highest BCUT2D eigenvalue weighted by Crippen LogP contribution is 2.58. The number of hydrogen-bond donors (Lipinski definition) is 1. The van der Waals surface area contributed by atoms with E-state index in [1.807, 2.05) is 7.05 Å². The van der Waals surface area contributed by atoms with Gasteiger partial charge in [0.1, 0.15) is 0 Å². The average molecular weight is 165 g/mol. The van der Waals surface area contributed by atoms with Gasteiger partial charge in [0, 0.05) is 6.54 Å². The van der Waals surface area contributed by atoms with Gasteiger partial charge in [0.25, 0.3) is 0 Å². The summed E-state index contributed by atoms with van der Waals surface area (Å²) in [6.45, 7) is 5.95. The van der Waals surface area contributed by atoms with Gasteiger partial charge in [0.2, 0.25) is 0 Å². The fourth-order valence-corrected chi connectivity index (χ4v) is 2.88. The minimum atomic E-state index is 0.598. The van der Waals surface area contributed by atoms with E-state index in [4.69, 9.17) is 0 Å². The minimum absolute atomic E-state index is 0.598. The van der Waals surface area contributed by atoms with E-state index >= 15 is 0 Å². The fourth-order valence-electron chi connectivity index (χ4n) is 2.88. The summed E-state index contributed by atoms with van der Waals surface area (Å²) < 4.78 is 0. The molecule has 0 saturated heterocycles. The second-order valence-electron chi connectivity index (χ2n) is 4.85. The van der Waals surface area contributed by atoms with Crippen LogP contribution in [0.1, 0.15) is 26.7 Å². The Balaban J connectivity index is 2.13. The highest BCUT2D eigenvalue weighted by molar-refractivity contribution is 5.24.